The van der Waals surface area contributed by atoms with Gasteiger partial charge in [-0.25, -0.2) is 13.2 Å². The molecule has 2 saturated carbocycles. The normalized spacial score (nSPS) is 31.8. The quantitative estimate of drug-likeness (QED) is 0.538. The number of halogens is 3. The second-order valence-corrected chi connectivity index (χ2v) is 7.22. The molecule has 1 aromatic rings. The van der Waals surface area contributed by atoms with Gasteiger partial charge in [-0.1, -0.05) is 0 Å². The molecule has 3 rings (SSSR count). The predicted octanol–water partition coefficient (Wildman–Crippen LogP) is 5.38. The largest absolute Gasteiger partial charge is 0.303 e. The van der Waals surface area contributed by atoms with Gasteiger partial charge < -0.3 is 4.79 Å². The van der Waals surface area contributed by atoms with E-state index in [1.165, 1.54) is 0 Å². The average molecular weight is 324 g/mol. The van der Waals surface area contributed by atoms with Crippen LogP contribution in [0, 0.1) is 35.2 Å². The van der Waals surface area contributed by atoms with Gasteiger partial charge in [-0.05, 0) is 86.8 Å². The molecule has 0 saturated heterocycles. The number of carbonyl (C=O) groups excluding carboxylic acids is 1. The van der Waals surface area contributed by atoms with Crippen molar-refractivity contribution in [3.05, 3.63) is 35.1 Å². The van der Waals surface area contributed by atoms with Crippen LogP contribution in [-0.4, -0.2) is 6.29 Å². The maximum absolute atomic E-state index is 13.4. The van der Waals surface area contributed by atoms with Gasteiger partial charge in [-0.3, -0.25) is 0 Å². The van der Waals surface area contributed by atoms with Crippen molar-refractivity contribution in [2.45, 2.75) is 57.3 Å². The molecule has 0 N–H and O–H groups in total. The fraction of sp³-hybridized carbons (Fsp3) is 0.632. The van der Waals surface area contributed by atoms with Crippen LogP contribution >= 0.6 is 0 Å². The molecule has 0 bridgehead atoms. The number of aldehydes is 1. The van der Waals surface area contributed by atoms with E-state index in [2.05, 4.69) is 0 Å². The number of hydrogen-bond donors (Lipinski definition) is 0. The third kappa shape index (κ3) is 3.61. The van der Waals surface area contributed by atoms with E-state index in [0.717, 1.165) is 69.8 Å². The number of carbonyl (C=O) groups is 1. The maximum atomic E-state index is 13.4. The maximum Gasteiger partial charge on any atom is 0.194 e. The summed E-state index contributed by atoms with van der Waals surface area (Å²) in [6.45, 7) is 0. The van der Waals surface area contributed by atoms with E-state index in [1.54, 1.807) is 0 Å². The summed E-state index contributed by atoms with van der Waals surface area (Å²) in [5.74, 6) is -1.84. The molecule has 2 aliphatic carbocycles. The van der Waals surface area contributed by atoms with E-state index >= 15 is 0 Å². The smallest absolute Gasteiger partial charge is 0.194 e. The Labute approximate surface area is 135 Å². The molecule has 23 heavy (non-hydrogen) atoms. The van der Waals surface area contributed by atoms with Crippen LogP contribution in [0.2, 0.25) is 0 Å². The highest BCUT2D eigenvalue weighted by Gasteiger charge is 2.31. The van der Waals surface area contributed by atoms with Crippen molar-refractivity contribution < 1.29 is 18.0 Å². The Morgan fingerprint density at radius 2 is 1.26 bits per heavy atom. The van der Waals surface area contributed by atoms with Crippen LogP contribution in [0.1, 0.15) is 62.8 Å². The Morgan fingerprint density at radius 3 is 1.74 bits per heavy atom. The average Bonchev–Trinajstić information content (AvgIpc) is 2.59. The van der Waals surface area contributed by atoms with Gasteiger partial charge in [0.2, 0.25) is 0 Å². The second-order valence-electron chi connectivity index (χ2n) is 7.22. The van der Waals surface area contributed by atoms with E-state index < -0.39 is 17.5 Å². The monoisotopic (exact) mass is 324 g/mol. The minimum absolute atomic E-state index is 0.127. The Morgan fingerprint density at radius 1 is 0.783 bits per heavy atom. The lowest BCUT2D eigenvalue weighted by Crippen LogP contribution is -2.25. The summed E-state index contributed by atoms with van der Waals surface area (Å²) in [6, 6.07) is 2.30. The minimum Gasteiger partial charge on any atom is -0.303 e. The molecule has 0 aromatic heterocycles. The zero-order valence-electron chi connectivity index (χ0n) is 13.2. The Balaban J connectivity index is 1.57. The molecule has 2 aliphatic rings. The number of rotatable bonds is 3. The molecule has 1 nitrogen and oxygen atoms in total. The molecule has 0 heterocycles. The van der Waals surface area contributed by atoms with E-state index in [9.17, 15) is 18.0 Å². The number of benzene rings is 1. The first kappa shape index (κ1) is 16.5. The highest BCUT2D eigenvalue weighted by molar-refractivity contribution is 5.53. The molecule has 0 amide bonds. The van der Waals surface area contributed by atoms with Gasteiger partial charge in [-0.15, -0.1) is 0 Å². The first-order valence-electron chi connectivity index (χ1n) is 8.68. The van der Waals surface area contributed by atoms with E-state index in [-0.39, 0.29) is 11.8 Å². The molecule has 1 aromatic carbocycles. The van der Waals surface area contributed by atoms with Gasteiger partial charge in [0.1, 0.15) is 6.29 Å². The van der Waals surface area contributed by atoms with Crippen LogP contribution in [-0.2, 0) is 4.79 Å². The van der Waals surface area contributed by atoms with Crippen molar-refractivity contribution in [1.29, 1.82) is 0 Å². The summed E-state index contributed by atoms with van der Waals surface area (Å²) in [7, 11) is 0. The highest BCUT2D eigenvalue weighted by Crippen LogP contribution is 2.43. The lowest BCUT2D eigenvalue weighted by Gasteiger charge is -2.37. The Bertz CT molecular complexity index is 533. The first-order chi connectivity index (χ1) is 11.1. The summed E-state index contributed by atoms with van der Waals surface area (Å²) in [5.41, 5.74) is 0.588. The minimum atomic E-state index is -1.38. The molecular formula is C19H23F3O. The number of hydrogen-bond acceptors (Lipinski definition) is 1. The molecule has 4 heteroatoms. The second kappa shape index (κ2) is 7.06. The third-order valence-electron chi connectivity index (χ3n) is 5.93. The van der Waals surface area contributed by atoms with Gasteiger partial charge >= 0.3 is 0 Å². The van der Waals surface area contributed by atoms with Crippen molar-refractivity contribution >= 4 is 6.29 Å². The van der Waals surface area contributed by atoms with Crippen molar-refractivity contribution in [1.82, 2.24) is 0 Å². The van der Waals surface area contributed by atoms with Crippen LogP contribution in [0.5, 0.6) is 0 Å². The molecule has 126 valence electrons. The fourth-order valence-corrected chi connectivity index (χ4v) is 4.49. The van der Waals surface area contributed by atoms with Crippen molar-refractivity contribution in [3.63, 3.8) is 0 Å². The fourth-order valence-electron chi connectivity index (χ4n) is 4.49. The van der Waals surface area contributed by atoms with Crippen molar-refractivity contribution in [2.75, 3.05) is 0 Å². The van der Waals surface area contributed by atoms with Gasteiger partial charge in [0, 0.05) is 5.92 Å². The van der Waals surface area contributed by atoms with Crippen molar-refractivity contribution in [3.8, 4) is 0 Å². The zero-order valence-corrected chi connectivity index (χ0v) is 13.2. The van der Waals surface area contributed by atoms with Gasteiger partial charge in [-0.2, -0.15) is 0 Å². The van der Waals surface area contributed by atoms with E-state index in [0.29, 0.717) is 17.4 Å². The standard InChI is InChI=1S/C19H23F3O/c20-17-9-16(10-18(21)19(17)22)15-7-5-14(6-8-15)13-3-1-12(11-23)2-4-13/h9-15H,1-8H2/t12-,13-,14?,15?. The lowest BCUT2D eigenvalue weighted by molar-refractivity contribution is -0.112. The van der Waals surface area contributed by atoms with Crippen LogP contribution in [0.3, 0.4) is 0 Å². The summed E-state index contributed by atoms with van der Waals surface area (Å²) < 4.78 is 39.8. The van der Waals surface area contributed by atoms with E-state index in [4.69, 9.17) is 0 Å². The Hall–Kier alpha value is -1.32. The van der Waals surface area contributed by atoms with Crippen LogP contribution in [0.4, 0.5) is 13.2 Å². The molecule has 0 unspecified atom stereocenters. The molecule has 0 radical (unpaired) electrons. The zero-order chi connectivity index (χ0) is 16.4. The van der Waals surface area contributed by atoms with E-state index in [1.807, 2.05) is 0 Å². The first-order valence-corrected chi connectivity index (χ1v) is 8.68. The van der Waals surface area contributed by atoms with Gasteiger partial charge in [0.25, 0.3) is 0 Å². The van der Waals surface area contributed by atoms with Crippen molar-refractivity contribution in [2.24, 2.45) is 17.8 Å². The molecule has 2 fully saturated rings. The van der Waals surface area contributed by atoms with Gasteiger partial charge in [0.05, 0.1) is 0 Å². The molecule has 0 spiro atoms. The van der Waals surface area contributed by atoms with Gasteiger partial charge in [0.15, 0.2) is 17.5 Å². The lowest BCUT2D eigenvalue weighted by atomic mass is 9.68. The van der Waals surface area contributed by atoms with Crippen LogP contribution in [0.15, 0.2) is 12.1 Å². The summed E-state index contributed by atoms with van der Waals surface area (Å²) >= 11 is 0. The SMILES string of the molecule is O=C[C@H]1CC[C@H](C2CCC(c3cc(F)c(F)c(F)c3)CC2)CC1. The molecule has 0 aliphatic heterocycles. The Kier molecular flexibility index (Phi) is 5.08. The summed E-state index contributed by atoms with van der Waals surface area (Å²) in [6.07, 6.45) is 9.27. The van der Waals surface area contributed by atoms with Crippen LogP contribution in [0.25, 0.3) is 0 Å². The third-order valence-corrected chi connectivity index (χ3v) is 5.93. The predicted molar refractivity (Wildman–Crippen MR) is 82.5 cm³/mol. The molecule has 0 atom stereocenters. The molecular weight excluding hydrogens is 301 g/mol. The summed E-state index contributed by atoms with van der Waals surface area (Å²) in [4.78, 5) is 10.8. The highest BCUT2D eigenvalue weighted by atomic mass is 19.2. The summed E-state index contributed by atoms with van der Waals surface area (Å²) in [5, 5.41) is 0. The van der Waals surface area contributed by atoms with Crippen LogP contribution < -0.4 is 0 Å². The topological polar surface area (TPSA) is 17.1 Å².